The molecule has 0 unspecified atom stereocenters. The monoisotopic (exact) mass is 275 g/mol. The highest BCUT2D eigenvalue weighted by Gasteiger charge is 2.50. The molecule has 0 radical (unpaired) electrons. The van der Waals surface area contributed by atoms with Crippen molar-refractivity contribution in [2.24, 2.45) is 23.7 Å². The van der Waals surface area contributed by atoms with Crippen LogP contribution in [0.1, 0.15) is 48.6 Å². The van der Waals surface area contributed by atoms with Crippen LogP contribution >= 0.6 is 0 Å². The minimum Gasteiger partial charge on any atom is -0.477 e. The average molecular weight is 275 g/mol. The van der Waals surface area contributed by atoms with E-state index in [0.29, 0.717) is 29.4 Å². The van der Waals surface area contributed by atoms with Gasteiger partial charge < -0.3 is 10.4 Å². The fourth-order valence-electron chi connectivity index (χ4n) is 5.20. The maximum absolute atomic E-state index is 11.5. The number of rotatable bonds is 3. The maximum Gasteiger partial charge on any atom is 0.354 e. The Hall–Kier alpha value is -1.52. The molecular formula is C15H21N3O2. The highest BCUT2D eigenvalue weighted by molar-refractivity contribution is 5.86. The van der Waals surface area contributed by atoms with Crippen molar-refractivity contribution >= 4 is 11.8 Å². The van der Waals surface area contributed by atoms with Crippen LogP contribution in [0.3, 0.4) is 0 Å². The molecule has 0 atom stereocenters. The number of carboxylic acids is 1. The van der Waals surface area contributed by atoms with Crippen LogP contribution in [0, 0.1) is 23.7 Å². The standard InChI is InChI=1S/C15H21N3O2/c1-16-13-7-12(15(19)20)18(17-13)14-10-3-8-2-9(5-10)6-11(14)4-8/h7-11,14H,2-6H2,1H3,(H,16,17)(H,19,20). The van der Waals surface area contributed by atoms with Crippen LogP contribution < -0.4 is 5.32 Å². The molecule has 0 saturated heterocycles. The highest BCUT2D eigenvalue weighted by Crippen LogP contribution is 2.58. The van der Waals surface area contributed by atoms with Crippen LogP contribution in [0.25, 0.3) is 0 Å². The van der Waals surface area contributed by atoms with Crippen molar-refractivity contribution in [1.29, 1.82) is 0 Å². The Labute approximate surface area is 118 Å². The minimum absolute atomic E-state index is 0.302. The maximum atomic E-state index is 11.5. The molecule has 1 aromatic rings. The van der Waals surface area contributed by atoms with E-state index in [-0.39, 0.29) is 0 Å². The molecule has 1 heterocycles. The smallest absolute Gasteiger partial charge is 0.354 e. The Morgan fingerprint density at radius 2 is 1.85 bits per heavy atom. The van der Waals surface area contributed by atoms with Gasteiger partial charge in [-0.25, -0.2) is 4.79 Å². The number of carbonyl (C=O) groups is 1. The Morgan fingerprint density at radius 3 is 2.35 bits per heavy atom. The molecule has 5 nitrogen and oxygen atoms in total. The lowest BCUT2D eigenvalue weighted by Crippen LogP contribution is -2.46. The van der Waals surface area contributed by atoms with Crippen molar-refractivity contribution in [3.63, 3.8) is 0 Å². The first kappa shape index (κ1) is 12.2. The predicted molar refractivity (Wildman–Crippen MR) is 74.8 cm³/mol. The van der Waals surface area contributed by atoms with Crippen molar-refractivity contribution in [2.75, 3.05) is 12.4 Å². The van der Waals surface area contributed by atoms with E-state index in [1.165, 1.54) is 32.1 Å². The number of nitrogens with zero attached hydrogens (tertiary/aromatic N) is 2. The van der Waals surface area contributed by atoms with Gasteiger partial charge in [-0.3, -0.25) is 4.68 Å². The minimum atomic E-state index is -0.868. The molecule has 4 aliphatic rings. The van der Waals surface area contributed by atoms with Crippen LogP contribution in [-0.2, 0) is 0 Å². The summed E-state index contributed by atoms with van der Waals surface area (Å²) in [5.74, 6) is 2.84. The summed E-state index contributed by atoms with van der Waals surface area (Å²) in [5.41, 5.74) is 0.340. The van der Waals surface area contributed by atoms with Crippen LogP contribution in [0.2, 0.25) is 0 Å². The topological polar surface area (TPSA) is 67.2 Å². The van der Waals surface area contributed by atoms with Gasteiger partial charge in [-0.1, -0.05) is 0 Å². The molecule has 5 rings (SSSR count). The molecule has 4 aliphatic carbocycles. The van der Waals surface area contributed by atoms with E-state index in [0.717, 1.165) is 11.8 Å². The summed E-state index contributed by atoms with van der Waals surface area (Å²) in [6.07, 6.45) is 6.49. The van der Waals surface area contributed by atoms with Crippen molar-refractivity contribution in [3.8, 4) is 0 Å². The second-order valence-corrected chi connectivity index (χ2v) is 6.84. The Bertz CT molecular complexity index is 523. The van der Waals surface area contributed by atoms with E-state index in [4.69, 9.17) is 0 Å². The van der Waals surface area contributed by atoms with Gasteiger partial charge in [0.2, 0.25) is 0 Å². The van der Waals surface area contributed by atoms with E-state index >= 15 is 0 Å². The van der Waals surface area contributed by atoms with Crippen molar-refractivity contribution in [1.82, 2.24) is 9.78 Å². The summed E-state index contributed by atoms with van der Waals surface area (Å²) < 4.78 is 1.82. The molecule has 4 fully saturated rings. The van der Waals surface area contributed by atoms with Gasteiger partial charge in [0.25, 0.3) is 0 Å². The molecule has 0 aromatic carbocycles. The van der Waals surface area contributed by atoms with Crippen molar-refractivity contribution in [2.45, 2.75) is 38.1 Å². The largest absolute Gasteiger partial charge is 0.477 e. The first-order valence-corrected chi connectivity index (χ1v) is 7.66. The van der Waals surface area contributed by atoms with E-state index in [1.807, 2.05) is 4.68 Å². The average Bonchev–Trinajstić information content (AvgIpc) is 2.81. The number of aromatic carboxylic acids is 1. The van der Waals surface area contributed by atoms with E-state index in [9.17, 15) is 9.90 Å². The number of nitrogens with one attached hydrogen (secondary N) is 1. The molecule has 0 spiro atoms. The van der Waals surface area contributed by atoms with E-state index in [2.05, 4.69) is 10.4 Å². The molecule has 4 bridgehead atoms. The third kappa shape index (κ3) is 1.68. The predicted octanol–water partition coefficient (Wildman–Crippen LogP) is 2.62. The van der Waals surface area contributed by atoms with E-state index in [1.54, 1.807) is 13.1 Å². The molecule has 5 heteroatoms. The Balaban J connectivity index is 1.74. The third-order valence-electron chi connectivity index (χ3n) is 5.67. The number of aromatic nitrogens is 2. The van der Waals surface area contributed by atoms with Crippen LogP contribution in [0.4, 0.5) is 5.82 Å². The van der Waals surface area contributed by atoms with Gasteiger partial charge >= 0.3 is 5.97 Å². The van der Waals surface area contributed by atoms with Gasteiger partial charge in [0.1, 0.15) is 11.5 Å². The van der Waals surface area contributed by atoms with Gasteiger partial charge in [0.15, 0.2) is 0 Å². The number of hydrogen-bond acceptors (Lipinski definition) is 3. The zero-order valence-electron chi connectivity index (χ0n) is 11.7. The molecule has 1 aromatic heterocycles. The fraction of sp³-hybridized carbons (Fsp3) is 0.733. The second kappa shape index (κ2) is 4.24. The van der Waals surface area contributed by atoms with Gasteiger partial charge in [-0.05, 0) is 55.8 Å². The lowest BCUT2D eigenvalue weighted by Gasteiger charge is -2.54. The van der Waals surface area contributed by atoms with Crippen LogP contribution in [0.5, 0.6) is 0 Å². The second-order valence-electron chi connectivity index (χ2n) is 6.84. The summed E-state index contributed by atoms with van der Waals surface area (Å²) in [6, 6.07) is 1.96. The van der Waals surface area contributed by atoms with Gasteiger partial charge in [0, 0.05) is 13.1 Å². The summed E-state index contributed by atoms with van der Waals surface area (Å²) in [5, 5.41) is 16.9. The molecule has 4 saturated carbocycles. The van der Waals surface area contributed by atoms with Gasteiger partial charge in [-0.2, -0.15) is 5.10 Å². The normalized spacial score (nSPS) is 38.1. The quantitative estimate of drug-likeness (QED) is 0.890. The number of hydrogen-bond donors (Lipinski definition) is 2. The van der Waals surface area contributed by atoms with Gasteiger partial charge in [0.05, 0.1) is 6.04 Å². The molecule has 108 valence electrons. The first-order valence-electron chi connectivity index (χ1n) is 7.66. The molecular weight excluding hydrogens is 254 g/mol. The Morgan fingerprint density at radius 1 is 1.25 bits per heavy atom. The molecule has 0 amide bonds. The van der Waals surface area contributed by atoms with Crippen LogP contribution in [-0.4, -0.2) is 27.9 Å². The molecule has 2 N–H and O–H groups in total. The van der Waals surface area contributed by atoms with Crippen molar-refractivity contribution < 1.29 is 9.90 Å². The SMILES string of the molecule is CNc1cc(C(=O)O)n(C2C3CC4CC(C3)CC2C4)n1. The first-order chi connectivity index (χ1) is 9.65. The van der Waals surface area contributed by atoms with E-state index < -0.39 is 5.97 Å². The number of carboxylic acid groups (broad SMARTS) is 1. The van der Waals surface area contributed by atoms with Crippen LogP contribution in [0.15, 0.2) is 6.07 Å². The lowest BCUT2D eigenvalue weighted by molar-refractivity contribution is -0.0346. The Kier molecular flexibility index (Phi) is 2.59. The molecule has 20 heavy (non-hydrogen) atoms. The summed E-state index contributed by atoms with van der Waals surface area (Å²) in [6.45, 7) is 0. The summed E-state index contributed by atoms with van der Waals surface area (Å²) >= 11 is 0. The van der Waals surface area contributed by atoms with Gasteiger partial charge in [-0.15, -0.1) is 0 Å². The zero-order valence-corrected chi connectivity index (χ0v) is 11.7. The molecule has 0 aliphatic heterocycles. The van der Waals surface area contributed by atoms with Crippen molar-refractivity contribution in [3.05, 3.63) is 11.8 Å². The lowest BCUT2D eigenvalue weighted by atomic mass is 9.54. The third-order valence-corrected chi connectivity index (χ3v) is 5.67. The summed E-state index contributed by atoms with van der Waals surface area (Å²) in [4.78, 5) is 11.5. The summed E-state index contributed by atoms with van der Waals surface area (Å²) in [7, 11) is 1.79. The zero-order chi connectivity index (χ0) is 13.9. The number of anilines is 1. The highest BCUT2D eigenvalue weighted by atomic mass is 16.4. The fourth-order valence-corrected chi connectivity index (χ4v) is 5.20.